The second kappa shape index (κ2) is 5.60. The third-order valence-electron chi connectivity index (χ3n) is 4.83. The van der Waals surface area contributed by atoms with Crippen LogP contribution >= 0.6 is 0 Å². The fourth-order valence-corrected chi connectivity index (χ4v) is 3.46. The van der Waals surface area contributed by atoms with E-state index in [0.29, 0.717) is 17.5 Å². The van der Waals surface area contributed by atoms with Crippen molar-refractivity contribution in [3.8, 4) is 0 Å². The summed E-state index contributed by atoms with van der Waals surface area (Å²) < 4.78 is 0. The topological polar surface area (TPSA) is 49.3 Å². The van der Waals surface area contributed by atoms with E-state index < -0.39 is 5.97 Å². The van der Waals surface area contributed by atoms with Crippen molar-refractivity contribution in [3.05, 3.63) is 0 Å². The van der Waals surface area contributed by atoms with Crippen LogP contribution in [0.5, 0.6) is 0 Å². The number of aliphatic carboxylic acids is 1. The summed E-state index contributed by atoms with van der Waals surface area (Å²) in [4.78, 5) is 11.0. The molecule has 2 saturated carbocycles. The summed E-state index contributed by atoms with van der Waals surface area (Å²) in [5, 5.41) is 12.8. The van der Waals surface area contributed by atoms with Crippen molar-refractivity contribution in [1.82, 2.24) is 5.32 Å². The van der Waals surface area contributed by atoms with E-state index in [-0.39, 0.29) is 5.92 Å². The minimum atomic E-state index is -0.605. The minimum Gasteiger partial charge on any atom is -0.481 e. The van der Waals surface area contributed by atoms with Crippen LogP contribution in [0.4, 0.5) is 0 Å². The molecule has 0 aromatic heterocycles. The van der Waals surface area contributed by atoms with Crippen molar-refractivity contribution in [3.63, 3.8) is 0 Å². The third kappa shape index (κ3) is 3.71. The maximum absolute atomic E-state index is 11.0. The van der Waals surface area contributed by atoms with Gasteiger partial charge in [0.25, 0.3) is 0 Å². The van der Waals surface area contributed by atoms with Crippen LogP contribution < -0.4 is 5.32 Å². The molecule has 0 aliphatic heterocycles. The molecular formula is C15H27NO2. The molecule has 0 saturated heterocycles. The third-order valence-corrected chi connectivity index (χ3v) is 4.83. The van der Waals surface area contributed by atoms with Crippen molar-refractivity contribution < 1.29 is 9.90 Å². The molecule has 2 N–H and O–H groups in total. The maximum Gasteiger partial charge on any atom is 0.306 e. The molecule has 0 amide bonds. The first-order chi connectivity index (χ1) is 8.46. The van der Waals surface area contributed by atoms with Crippen LogP contribution in [0.1, 0.15) is 65.2 Å². The van der Waals surface area contributed by atoms with Crippen molar-refractivity contribution >= 4 is 5.97 Å². The lowest BCUT2D eigenvalue weighted by molar-refractivity contribution is -0.143. The van der Waals surface area contributed by atoms with Crippen LogP contribution in [0, 0.1) is 11.3 Å². The van der Waals surface area contributed by atoms with Gasteiger partial charge in [0.15, 0.2) is 0 Å². The fraction of sp³-hybridized carbons (Fsp3) is 0.933. The minimum absolute atomic E-state index is 0.115. The van der Waals surface area contributed by atoms with Gasteiger partial charge in [-0.2, -0.15) is 0 Å². The molecule has 18 heavy (non-hydrogen) atoms. The molecular weight excluding hydrogens is 226 g/mol. The molecule has 2 aliphatic rings. The summed E-state index contributed by atoms with van der Waals surface area (Å²) in [6.07, 6.45) is 9.00. The normalized spacial score (nSPS) is 33.2. The van der Waals surface area contributed by atoms with Gasteiger partial charge in [0.2, 0.25) is 0 Å². The van der Waals surface area contributed by atoms with Crippen molar-refractivity contribution in [1.29, 1.82) is 0 Å². The average molecular weight is 253 g/mol. The first-order valence-electron chi connectivity index (χ1n) is 7.45. The first kappa shape index (κ1) is 13.9. The Morgan fingerprint density at radius 2 is 1.78 bits per heavy atom. The lowest BCUT2D eigenvalue weighted by atomic mass is 9.75. The lowest BCUT2D eigenvalue weighted by Gasteiger charge is -2.38. The Balaban J connectivity index is 1.78. The maximum atomic E-state index is 11.0. The zero-order valence-electron chi connectivity index (χ0n) is 11.7. The molecule has 0 radical (unpaired) electrons. The van der Waals surface area contributed by atoms with Gasteiger partial charge in [0, 0.05) is 12.1 Å². The van der Waals surface area contributed by atoms with Crippen LogP contribution in [-0.2, 0) is 4.79 Å². The average Bonchev–Trinajstić information content (AvgIpc) is 2.32. The molecule has 0 aromatic carbocycles. The summed E-state index contributed by atoms with van der Waals surface area (Å²) in [5.74, 6) is -0.720. The molecule has 2 atom stereocenters. The van der Waals surface area contributed by atoms with Gasteiger partial charge < -0.3 is 10.4 Å². The summed E-state index contributed by atoms with van der Waals surface area (Å²) >= 11 is 0. The number of rotatable bonds is 3. The quantitative estimate of drug-likeness (QED) is 0.812. The van der Waals surface area contributed by atoms with Crippen LogP contribution in [0.15, 0.2) is 0 Å². The zero-order valence-corrected chi connectivity index (χ0v) is 11.7. The molecule has 2 rings (SSSR count). The van der Waals surface area contributed by atoms with E-state index in [1.807, 2.05) is 0 Å². The largest absolute Gasteiger partial charge is 0.481 e. The summed E-state index contributed by atoms with van der Waals surface area (Å²) in [6.45, 7) is 4.70. The number of carbonyl (C=O) groups is 1. The molecule has 3 nitrogen and oxygen atoms in total. The van der Waals surface area contributed by atoms with Gasteiger partial charge in [0.05, 0.1) is 5.92 Å². The fourth-order valence-electron chi connectivity index (χ4n) is 3.46. The molecule has 0 bridgehead atoms. The van der Waals surface area contributed by atoms with Crippen LogP contribution in [-0.4, -0.2) is 23.2 Å². The van der Waals surface area contributed by atoms with E-state index in [1.54, 1.807) is 0 Å². The molecule has 0 spiro atoms. The molecule has 0 heterocycles. The lowest BCUT2D eigenvalue weighted by Crippen LogP contribution is -2.44. The Morgan fingerprint density at radius 3 is 2.39 bits per heavy atom. The van der Waals surface area contributed by atoms with Gasteiger partial charge in [-0.15, -0.1) is 0 Å². The van der Waals surface area contributed by atoms with Gasteiger partial charge >= 0.3 is 5.97 Å². The zero-order chi connectivity index (χ0) is 13.2. The second-order valence-electron chi connectivity index (χ2n) is 7.00. The van der Waals surface area contributed by atoms with Crippen molar-refractivity contribution in [2.24, 2.45) is 11.3 Å². The van der Waals surface area contributed by atoms with Gasteiger partial charge in [-0.3, -0.25) is 4.79 Å². The predicted molar refractivity (Wildman–Crippen MR) is 72.6 cm³/mol. The summed E-state index contributed by atoms with van der Waals surface area (Å²) in [5.41, 5.74) is 0.508. The Morgan fingerprint density at radius 1 is 1.11 bits per heavy atom. The Kier molecular flexibility index (Phi) is 4.31. The molecule has 2 aliphatic carbocycles. The van der Waals surface area contributed by atoms with Crippen LogP contribution in [0.3, 0.4) is 0 Å². The van der Waals surface area contributed by atoms with E-state index in [1.165, 1.54) is 25.7 Å². The molecule has 2 fully saturated rings. The molecule has 104 valence electrons. The Bertz CT molecular complexity index is 291. The number of carboxylic acids is 1. The summed E-state index contributed by atoms with van der Waals surface area (Å²) in [7, 11) is 0. The van der Waals surface area contributed by atoms with E-state index >= 15 is 0 Å². The highest BCUT2D eigenvalue weighted by Crippen LogP contribution is 2.36. The van der Waals surface area contributed by atoms with Gasteiger partial charge in [0.1, 0.15) is 0 Å². The number of hydrogen-bond donors (Lipinski definition) is 2. The van der Waals surface area contributed by atoms with Gasteiger partial charge in [-0.1, -0.05) is 20.3 Å². The standard InChI is InChI=1S/C15H27NO2/c1-15(2)8-6-12(7-9-15)16-13-5-3-4-11(10-13)14(17)18/h11-13,16H,3-10H2,1-2H3,(H,17,18). The molecule has 0 aromatic rings. The number of nitrogens with one attached hydrogen (secondary N) is 1. The number of carboxylic acid groups (broad SMARTS) is 1. The predicted octanol–water partition coefficient (Wildman–Crippen LogP) is 3.19. The monoisotopic (exact) mass is 253 g/mol. The van der Waals surface area contributed by atoms with Crippen LogP contribution in [0.25, 0.3) is 0 Å². The highest BCUT2D eigenvalue weighted by Gasteiger charge is 2.31. The van der Waals surface area contributed by atoms with Crippen molar-refractivity contribution in [2.75, 3.05) is 0 Å². The van der Waals surface area contributed by atoms with E-state index in [4.69, 9.17) is 5.11 Å². The molecule has 2 unspecified atom stereocenters. The van der Waals surface area contributed by atoms with Crippen molar-refractivity contribution in [2.45, 2.75) is 77.3 Å². The van der Waals surface area contributed by atoms with Gasteiger partial charge in [-0.25, -0.2) is 0 Å². The second-order valence-corrected chi connectivity index (χ2v) is 7.00. The smallest absolute Gasteiger partial charge is 0.306 e. The number of hydrogen-bond acceptors (Lipinski definition) is 2. The highest BCUT2D eigenvalue weighted by atomic mass is 16.4. The Labute approximate surface area is 110 Å². The molecule has 3 heteroatoms. The van der Waals surface area contributed by atoms with E-state index in [0.717, 1.165) is 25.7 Å². The van der Waals surface area contributed by atoms with Crippen LogP contribution in [0.2, 0.25) is 0 Å². The SMILES string of the molecule is CC1(C)CCC(NC2CCCC(C(=O)O)C2)CC1. The van der Waals surface area contributed by atoms with E-state index in [2.05, 4.69) is 19.2 Å². The van der Waals surface area contributed by atoms with E-state index in [9.17, 15) is 4.79 Å². The highest BCUT2D eigenvalue weighted by molar-refractivity contribution is 5.70. The Hall–Kier alpha value is -0.570. The van der Waals surface area contributed by atoms with Gasteiger partial charge in [-0.05, 0) is 50.4 Å². The summed E-state index contributed by atoms with van der Waals surface area (Å²) in [6, 6.07) is 1.06. The first-order valence-corrected chi connectivity index (χ1v) is 7.45.